The summed E-state index contributed by atoms with van der Waals surface area (Å²) < 4.78 is 1.82. The lowest BCUT2D eigenvalue weighted by molar-refractivity contribution is -0.128. The maximum atomic E-state index is 13.7. The minimum atomic E-state index is -0.410. The Morgan fingerprint density at radius 2 is 1.69 bits per heavy atom. The number of pyridine rings is 1. The Labute approximate surface area is 210 Å². The van der Waals surface area contributed by atoms with E-state index in [2.05, 4.69) is 22.3 Å². The zero-order valence-electron chi connectivity index (χ0n) is 20.4. The number of hydrogen-bond donors (Lipinski definition) is 2. The van der Waals surface area contributed by atoms with Gasteiger partial charge in [-0.25, -0.2) is 0 Å². The molecule has 2 bridgehead atoms. The number of benzene rings is 2. The highest BCUT2D eigenvalue weighted by Gasteiger charge is 2.54. The molecule has 2 N–H and O–H groups in total. The van der Waals surface area contributed by atoms with Crippen LogP contribution in [0.3, 0.4) is 0 Å². The lowest BCUT2D eigenvalue weighted by atomic mass is 9.86. The lowest BCUT2D eigenvalue weighted by Gasteiger charge is -2.35. The van der Waals surface area contributed by atoms with E-state index in [1.807, 2.05) is 78.4 Å². The minimum Gasteiger partial charge on any atom is -0.396 e. The third-order valence-corrected chi connectivity index (χ3v) is 8.33. The molecule has 184 valence electrons. The average Bonchev–Trinajstić information content (AvgIpc) is 3.37. The van der Waals surface area contributed by atoms with E-state index in [9.17, 15) is 14.7 Å². The second kappa shape index (κ2) is 9.19. The van der Waals surface area contributed by atoms with E-state index in [0.29, 0.717) is 12.1 Å². The molecule has 6 rings (SSSR count). The molecule has 3 aromatic rings. The van der Waals surface area contributed by atoms with Crippen LogP contribution in [-0.2, 0) is 24.2 Å². The van der Waals surface area contributed by atoms with Crippen molar-refractivity contribution in [3.63, 3.8) is 0 Å². The molecule has 0 saturated carbocycles. The van der Waals surface area contributed by atoms with E-state index in [-0.39, 0.29) is 42.1 Å². The Morgan fingerprint density at radius 3 is 2.39 bits per heavy atom. The number of rotatable bonds is 5. The van der Waals surface area contributed by atoms with Gasteiger partial charge in [-0.05, 0) is 54.8 Å². The van der Waals surface area contributed by atoms with Gasteiger partial charge in [0.25, 0.3) is 5.56 Å². The fourth-order valence-electron chi connectivity index (χ4n) is 6.54. The molecular weight excluding hydrogens is 450 g/mol. The van der Waals surface area contributed by atoms with E-state index < -0.39 is 5.92 Å². The number of nitrogens with zero attached hydrogens (tertiary/aromatic N) is 2. The summed E-state index contributed by atoms with van der Waals surface area (Å²) in [4.78, 5) is 29.3. The average molecular weight is 482 g/mol. The maximum absolute atomic E-state index is 13.7. The van der Waals surface area contributed by atoms with Crippen molar-refractivity contribution >= 4 is 18.1 Å². The third-order valence-electron chi connectivity index (χ3n) is 8.33. The molecule has 36 heavy (non-hydrogen) atoms. The van der Waals surface area contributed by atoms with Crippen molar-refractivity contribution < 1.29 is 9.90 Å². The van der Waals surface area contributed by atoms with Crippen molar-refractivity contribution in [2.75, 3.05) is 13.7 Å². The van der Waals surface area contributed by atoms with Crippen LogP contribution in [0.5, 0.6) is 0 Å². The molecule has 1 aromatic heterocycles. The van der Waals surface area contributed by atoms with Crippen LogP contribution < -0.4 is 10.9 Å². The van der Waals surface area contributed by atoms with Crippen LogP contribution in [0.4, 0.5) is 0 Å². The first kappa shape index (κ1) is 23.0. The summed E-state index contributed by atoms with van der Waals surface area (Å²) in [6, 6.07) is 21.8. The molecule has 3 aliphatic rings. The van der Waals surface area contributed by atoms with Gasteiger partial charge in [-0.1, -0.05) is 60.7 Å². The normalized spacial score (nSPS) is 25.2. The second-order valence-electron chi connectivity index (χ2n) is 10.3. The number of carbonyl (C=O) groups excluding carboxylic acids is 1. The minimum absolute atomic E-state index is 0.0276. The quantitative estimate of drug-likeness (QED) is 0.588. The molecule has 3 heterocycles. The standard InChI is InChI=1S/C30H31N3O3/c1-32-26-17-33-25(14-13-20(30(33)36)12-11-19-7-3-2-4-8-19)28(32)27(24(26)18-34)29(35)31-23-15-21-9-5-6-10-22(21)16-23/h2-14,23-24,26-28,34H,15-18H2,1H3,(H,31,35)/b12-11+/t24-,26-,27+,28+/m1/s1. The van der Waals surface area contributed by atoms with Crippen LogP contribution >= 0.6 is 0 Å². The van der Waals surface area contributed by atoms with Gasteiger partial charge in [-0.2, -0.15) is 0 Å². The number of nitrogens with one attached hydrogen (secondary N) is 1. The smallest absolute Gasteiger partial charge is 0.258 e. The summed E-state index contributed by atoms with van der Waals surface area (Å²) in [5.41, 5.74) is 5.03. The molecule has 1 saturated heterocycles. The van der Waals surface area contributed by atoms with Crippen LogP contribution in [0.2, 0.25) is 0 Å². The summed E-state index contributed by atoms with van der Waals surface area (Å²) in [6.07, 6.45) is 5.46. The highest BCUT2D eigenvalue weighted by molar-refractivity contribution is 5.81. The van der Waals surface area contributed by atoms with Crippen molar-refractivity contribution in [1.29, 1.82) is 0 Å². The highest BCUT2D eigenvalue weighted by atomic mass is 16.3. The molecule has 0 unspecified atom stereocenters. The van der Waals surface area contributed by atoms with Crippen molar-refractivity contribution in [2.24, 2.45) is 11.8 Å². The Balaban J connectivity index is 1.28. The SMILES string of the molecule is CN1[C@@H]2Cn3c(ccc(/C=C/c4ccccc4)c3=O)[C@H]1[C@@H](C(=O)NC1Cc3ccccc3C1)[C@@H]2CO. The topological polar surface area (TPSA) is 74.6 Å². The Hall–Kier alpha value is -3.48. The van der Waals surface area contributed by atoms with Crippen LogP contribution in [0, 0.1) is 11.8 Å². The number of hydrogen-bond acceptors (Lipinski definition) is 4. The first-order chi connectivity index (χ1) is 17.5. The van der Waals surface area contributed by atoms with E-state index in [1.54, 1.807) is 0 Å². The fraction of sp³-hybridized carbons (Fsp3) is 0.333. The number of amides is 1. The predicted octanol–water partition coefficient (Wildman–Crippen LogP) is 2.90. The fourth-order valence-corrected chi connectivity index (χ4v) is 6.54. The van der Waals surface area contributed by atoms with Crippen LogP contribution in [0.1, 0.15) is 34.0 Å². The van der Waals surface area contributed by atoms with Crippen molar-refractivity contribution in [1.82, 2.24) is 14.8 Å². The maximum Gasteiger partial charge on any atom is 0.258 e. The largest absolute Gasteiger partial charge is 0.396 e. The van der Waals surface area contributed by atoms with Crippen molar-refractivity contribution in [3.8, 4) is 0 Å². The molecule has 6 heteroatoms. The molecule has 0 spiro atoms. The zero-order valence-corrected chi connectivity index (χ0v) is 20.4. The lowest BCUT2D eigenvalue weighted by Crippen LogP contribution is -2.45. The van der Waals surface area contributed by atoms with E-state index >= 15 is 0 Å². The predicted molar refractivity (Wildman–Crippen MR) is 140 cm³/mol. The Morgan fingerprint density at radius 1 is 1.00 bits per heavy atom. The van der Waals surface area contributed by atoms with E-state index in [0.717, 1.165) is 24.1 Å². The molecule has 1 amide bonds. The van der Waals surface area contributed by atoms with Gasteiger partial charge in [0, 0.05) is 42.4 Å². The second-order valence-corrected chi connectivity index (χ2v) is 10.3. The van der Waals surface area contributed by atoms with Crippen molar-refractivity contribution in [2.45, 2.75) is 37.5 Å². The molecule has 0 radical (unpaired) electrons. The van der Waals surface area contributed by atoms with Gasteiger partial charge in [0.05, 0.1) is 12.0 Å². The van der Waals surface area contributed by atoms with Gasteiger partial charge in [0.15, 0.2) is 0 Å². The number of fused-ring (bicyclic) bond motifs is 5. The molecule has 4 atom stereocenters. The van der Waals surface area contributed by atoms with Crippen LogP contribution in [-0.4, -0.2) is 46.2 Å². The molecule has 1 fully saturated rings. The number of likely N-dealkylation sites (N-methyl/N-ethyl adjacent to an activating group) is 1. The van der Waals surface area contributed by atoms with Crippen molar-refractivity contribution in [3.05, 3.63) is 105 Å². The van der Waals surface area contributed by atoms with Gasteiger partial charge >= 0.3 is 0 Å². The van der Waals surface area contributed by atoms with E-state index in [4.69, 9.17) is 0 Å². The van der Waals surface area contributed by atoms with E-state index in [1.165, 1.54) is 11.1 Å². The number of aliphatic hydroxyl groups is 1. The Bertz CT molecular complexity index is 1350. The zero-order chi connectivity index (χ0) is 24.8. The molecular formula is C30H31N3O3. The molecule has 6 nitrogen and oxygen atoms in total. The summed E-state index contributed by atoms with van der Waals surface area (Å²) in [6.45, 7) is 0.385. The van der Waals surface area contributed by atoms with Gasteiger partial charge in [0.2, 0.25) is 5.91 Å². The van der Waals surface area contributed by atoms with Gasteiger partial charge in [-0.3, -0.25) is 14.5 Å². The van der Waals surface area contributed by atoms with Gasteiger partial charge in [0.1, 0.15) is 0 Å². The van der Waals surface area contributed by atoms with Gasteiger partial charge in [-0.15, -0.1) is 0 Å². The monoisotopic (exact) mass is 481 g/mol. The Kier molecular flexibility index (Phi) is 5.86. The highest BCUT2D eigenvalue weighted by Crippen LogP contribution is 2.47. The molecule has 2 aromatic carbocycles. The molecule has 2 aliphatic heterocycles. The summed E-state index contributed by atoms with van der Waals surface area (Å²) in [7, 11) is 2.01. The number of aliphatic hydroxyl groups excluding tert-OH is 1. The summed E-state index contributed by atoms with van der Waals surface area (Å²) >= 11 is 0. The number of carbonyl (C=O) groups is 1. The molecule has 1 aliphatic carbocycles. The summed E-state index contributed by atoms with van der Waals surface area (Å²) in [5.74, 6) is -0.667. The number of aromatic nitrogens is 1. The third kappa shape index (κ3) is 3.81. The first-order valence-corrected chi connectivity index (χ1v) is 12.7. The van der Waals surface area contributed by atoms with Gasteiger partial charge < -0.3 is 15.0 Å². The van der Waals surface area contributed by atoms with Crippen LogP contribution in [0.15, 0.2) is 71.5 Å². The summed E-state index contributed by atoms with van der Waals surface area (Å²) in [5, 5.41) is 13.6. The first-order valence-electron chi connectivity index (χ1n) is 12.7. The van der Waals surface area contributed by atoms with Crippen LogP contribution in [0.25, 0.3) is 12.2 Å².